The van der Waals surface area contributed by atoms with Gasteiger partial charge in [-0.2, -0.15) is 0 Å². The molecule has 0 aromatic heterocycles. The Bertz CT molecular complexity index is 1090. The van der Waals surface area contributed by atoms with E-state index in [0.717, 1.165) is 19.3 Å². The molecule has 1 saturated heterocycles. The van der Waals surface area contributed by atoms with Crippen LogP contribution in [-0.2, 0) is 14.3 Å². The summed E-state index contributed by atoms with van der Waals surface area (Å²) in [4.78, 5) is 13.8. The predicted molar refractivity (Wildman–Crippen MR) is 183 cm³/mol. The zero-order chi connectivity index (χ0) is 32.6. The van der Waals surface area contributed by atoms with E-state index in [2.05, 4.69) is 96.1 Å². The molecule has 3 saturated carbocycles. The molecule has 1 heterocycles. The number of carbonyl (C=O) groups excluding carboxylic acids is 1. The molecular weight excluding hydrogens is 540 g/mol. The number of ether oxygens (including phenoxy) is 2. The first-order chi connectivity index (χ1) is 20.4. The van der Waals surface area contributed by atoms with Gasteiger partial charge in [-0.25, -0.2) is 0 Å². The van der Waals surface area contributed by atoms with Crippen molar-refractivity contribution in [3.8, 4) is 0 Å². The van der Waals surface area contributed by atoms with Gasteiger partial charge in [-0.3, -0.25) is 4.79 Å². The lowest BCUT2D eigenvalue weighted by Gasteiger charge is -2.61. The van der Waals surface area contributed by atoms with Crippen LogP contribution in [0.2, 0.25) is 0 Å². The third-order valence-electron chi connectivity index (χ3n) is 16.1. The molecule has 3 nitrogen and oxygen atoms in total. The van der Waals surface area contributed by atoms with E-state index in [1.54, 1.807) is 5.57 Å². The molecule has 0 spiro atoms. The van der Waals surface area contributed by atoms with Crippen LogP contribution in [0.25, 0.3) is 0 Å². The lowest BCUT2D eigenvalue weighted by Crippen LogP contribution is -2.56. The molecule has 44 heavy (non-hydrogen) atoms. The third-order valence-corrected chi connectivity index (χ3v) is 16.1. The van der Waals surface area contributed by atoms with E-state index in [9.17, 15) is 4.79 Å². The number of ketones is 1. The Labute approximate surface area is 272 Å². The summed E-state index contributed by atoms with van der Waals surface area (Å²) in [6.45, 7) is 31.4. The molecule has 5 rings (SSSR count). The number of allylic oxidation sites excluding steroid dienone is 2. The van der Waals surface area contributed by atoms with Gasteiger partial charge in [0.25, 0.3) is 0 Å². The molecule has 0 amide bonds. The summed E-state index contributed by atoms with van der Waals surface area (Å²) in [7, 11) is 0. The lowest BCUT2D eigenvalue weighted by atomic mass is 9.42. The van der Waals surface area contributed by atoms with Crippen LogP contribution >= 0.6 is 0 Å². The molecule has 0 N–H and O–H groups in total. The van der Waals surface area contributed by atoms with Crippen LogP contribution in [-0.4, -0.2) is 23.8 Å². The highest BCUT2D eigenvalue weighted by molar-refractivity contribution is 5.94. The van der Waals surface area contributed by atoms with E-state index in [1.165, 1.54) is 38.5 Å². The second-order valence-corrected chi connectivity index (χ2v) is 18.7. The Hall–Kier alpha value is -0.670. The van der Waals surface area contributed by atoms with Crippen molar-refractivity contribution in [3.63, 3.8) is 0 Å². The first-order valence-electron chi connectivity index (χ1n) is 19.0. The average Bonchev–Trinajstić information content (AvgIpc) is 3.24. The minimum atomic E-state index is -0.203. The van der Waals surface area contributed by atoms with Gasteiger partial charge in [0.1, 0.15) is 0 Å². The van der Waals surface area contributed by atoms with Crippen LogP contribution in [0.15, 0.2) is 11.6 Å². The number of hydrogen-bond acceptors (Lipinski definition) is 3. The lowest BCUT2D eigenvalue weighted by molar-refractivity contribution is -0.283. The van der Waals surface area contributed by atoms with E-state index in [0.29, 0.717) is 65.1 Å². The average molecular weight is 611 g/mol. The van der Waals surface area contributed by atoms with Crippen molar-refractivity contribution in [2.45, 2.75) is 166 Å². The summed E-state index contributed by atoms with van der Waals surface area (Å²) < 4.78 is 13.3. The summed E-state index contributed by atoms with van der Waals surface area (Å²) >= 11 is 0. The number of hydrogen-bond donors (Lipinski definition) is 0. The normalized spacial score (nSPS) is 49.0. The zero-order valence-electron chi connectivity index (χ0n) is 31.1. The van der Waals surface area contributed by atoms with Gasteiger partial charge in [0.15, 0.2) is 12.1 Å². The molecule has 252 valence electrons. The molecule has 5 aliphatic rings. The quantitative estimate of drug-likeness (QED) is 0.274. The molecule has 15 atom stereocenters. The van der Waals surface area contributed by atoms with Crippen molar-refractivity contribution in [2.24, 2.45) is 75.4 Å². The van der Waals surface area contributed by atoms with Crippen molar-refractivity contribution in [3.05, 3.63) is 11.6 Å². The molecule has 0 aromatic carbocycles. The van der Waals surface area contributed by atoms with Crippen LogP contribution in [0.4, 0.5) is 0 Å². The van der Waals surface area contributed by atoms with Crippen molar-refractivity contribution in [1.29, 1.82) is 0 Å². The molecule has 4 aliphatic carbocycles. The molecule has 3 heteroatoms. The maximum Gasteiger partial charge on any atom is 0.161 e. The van der Waals surface area contributed by atoms with Crippen LogP contribution in [0.5, 0.6) is 0 Å². The van der Waals surface area contributed by atoms with E-state index in [1.807, 2.05) is 0 Å². The Balaban J connectivity index is 1.27. The highest BCUT2D eigenvalue weighted by Gasteiger charge is 2.65. The molecule has 6 unspecified atom stereocenters. The van der Waals surface area contributed by atoms with Crippen molar-refractivity contribution >= 4 is 5.78 Å². The second-order valence-electron chi connectivity index (χ2n) is 18.7. The van der Waals surface area contributed by atoms with Gasteiger partial charge in [-0.15, -0.1) is 0 Å². The minimum absolute atomic E-state index is 0.109. The SMILES string of the molecule is CCC1OC(OC(C)(C)CC[C@@H](C)[C@@H](C)[C@H]2CC[C@@]3(C)C4=CC(=O)[C@@H]5C[C@@H](C)[C@@H](C)C[C@]5(C)C4CC[C@]23C)C(C)C(C)C1C. The summed E-state index contributed by atoms with van der Waals surface area (Å²) in [5, 5.41) is 0. The van der Waals surface area contributed by atoms with Gasteiger partial charge in [0.05, 0.1) is 11.7 Å². The Morgan fingerprint density at radius 3 is 2.30 bits per heavy atom. The summed E-state index contributed by atoms with van der Waals surface area (Å²) in [6.07, 6.45) is 13.1. The predicted octanol–water partition coefficient (Wildman–Crippen LogP) is 10.9. The third kappa shape index (κ3) is 5.52. The fraction of sp³-hybridized carbons (Fsp3) is 0.927. The largest absolute Gasteiger partial charge is 0.349 e. The monoisotopic (exact) mass is 611 g/mol. The zero-order valence-corrected chi connectivity index (χ0v) is 31.1. The maximum absolute atomic E-state index is 13.8. The topological polar surface area (TPSA) is 35.5 Å². The van der Waals surface area contributed by atoms with Gasteiger partial charge in [-0.1, -0.05) is 81.7 Å². The summed E-state index contributed by atoms with van der Waals surface area (Å²) in [6, 6.07) is 0. The first kappa shape index (κ1) is 34.7. The highest BCUT2D eigenvalue weighted by Crippen LogP contribution is 2.72. The minimum Gasteiger partial charge on any atom is -0.349 e. The van der Waals surface area contributed by atoms with Crippen molar-refractivity contribution in [1.82, 2.24) is 0 Å². The second kappa shape index (κ2) is 12.1. The van der Waals surface area contributed by atoms with E-state index < -0.39 is 0 Å². The fourth-order valence-electron chi connectivity index (χ4n) is 11.9. The van der Waals surface area contributed by atoms with Gasteiger partial charge >= 0.3 is 0 Å². The summed E-state index contributed by atoms with van der Waals surface area (Å²) in [5.74, 6) is 6.24. The Kier molecular flexibility index (Phi) is 9.52. The fourth-order valence-corrected chi connectivity index (χ4v) is 11.9. The van der Waals surface area contributed by atoms with Crippen LogP contribution in [0.3, 0.4) is 0 Å². The van der Waals surface area contributed by atoms with Gasteiger partial charge in [0, 0.05) is 11.8 Å². The smallest absolute Gasteiger partial charge is 0.161 e. The highest BCUT2D eigenvalue weighted by atomic mass is 16.7. The van der Waals surface area contributed by atoms with E-state index >= 15 is 0 Å². The van der Waals surface area contributed by atoms with E-state index in [-0.39, 0.29) is 34.1 Å². The molecular formula is C41H70O3. The van der Waals surface area contributed by atoms with Gasteiger partial charge < -0.3 is 9.47 Å². The van der Waals surface area contributed by atoms with Gasteiger partial charge in [0.2, 0.25) is 0 Å². The molecule has 0 bridgehead atoms. The molecule has 4 fully saturated rings. The summed E-state index contributed by atoms with van der Waals surface area (Å²) in [5.41, 5.74) is 1.91. The van der Waals surface area contributed by atoms with Crippen LogP contribution in [0.1, 0.15) is 148 Å². The Morgan fingerprint density at radius 1 is 0.955 bits per heavy atom. The number of rotatable bonds is 8. The van der Waals surface area contributed by atoms with Crippen LogP contribution < -0.4 is 0 Å². The first-order valence-corrected chi connectivity index (χ1v) is 19.0. The Morgan fingerprint density at radius 2 is 1.64 bits per heavy atom. The van der Waals surface area contributed by atoms with Gasteiger partial charge in [-0.05, 0) is 141 Å². The number of carbonyl (C=O) groups is 1. The molecule has 0 aromatic rings. The standard InChI is InChI=1S/C41H70O3/c1-14-36-29(7)28(6)30(8)37(43-36)44-38(9,10)18-15-24(2)27(5)31-16-19-41(13)33-22-35(42)34-21-25(3)26(4)23-39(34,11)32(33)17-20-40(31,41)12/h22,24-32,34,36-37H,14-21,23H2,1-13H3/t24-,25-,26+,27-,28?,29?,30?,31-,32?,34+,36?,37?,39-,40-,41+/m1/s1. The van der Waals surface area contributed by atoms with Crippen molar-refractivity contribution in [2.75, 3.05) is 0 Å². The molecule has 1 aliphatic heterocycles. The van der Waals surface area contributed by atoms with E-state index in [4.69, 9.17) is 9.47 Å². The van der Waals surface area contributed by atoms with Crippen LogP contribution in [0, 0.1) is 75.4 Å². The molecule has 0 radical (unpaired) electrons. The maximum atomic E-state index is 13.8. The number of fused-ring (bicyclic) bond motifs is 5. The van der Waals surface area contributed by atoms with Crippen molar-refractivity contribution < 1.29 is 14.3 Å².